The molecule has 84 valence electrons. The summed E-state index contributed by atoms with van der Waals surface area (Å²) in [7, 11) is 0. The van der Waals surface area contributed by atoms with Gasteiger partial charge >= 0.3 is 0 Å². The molecule has 0 saturated carbocycles. The third-order valence-corrected chi connectivity index (χ3v) is 3.29. The molecular weight excluding hydrogens is 270 g/mol. The Morgan fingerprint density at radius 2 is 2.19 bits per heavy atom. The van der Waals surface area contributed by atoms with Crippen LogP contribution in [-0.4, -0.2) is 32.7 Å². The van der Waals surface area contributed by atoms with Gasteiger partial charge in [0.2, 0.25) is 0 Å². The first-order valence-corrected chi connectivity index (χ1v) is 6.21. The predicted octanol–water partition coefficient (Wildman–Crippen LogP) is 1.35. The first-order chi connectivity index (χ1) is 7.83. The van der Waals surface area contributed by atoms with Crippen LogP contribution >= 0.6 is 15.9 Å². The largest absolute Gasteiger partial charge is 0.317 e. The van der Waals surface area contributed by atoms with E-state index >= 15 is 0 Å². The lowest BCUT2D eigenvalue weighted by molar-refractivity contribution is 0.445. The van der Waals surface area contributed by atoms with Gasteiger partial charge in [0.25, 0.3) is 5.78 Å². The smallest absolute Gasteiger partial charge is 0.252 e. The highest BCUT2D eigenvalue weighted by atomic mass is 79.9. The average molecular weight is 282 g/mol. The molecule has 0 aliphatic carbocycles. The molecule has 0 atom stereocenters. The van der Waals surface area contributed by atoms with Gasteiger partial charge in [0.05, 0.1) is 4.47 Å². The minimum atomic E-state index is 0.474. The number of fused-ring (bicyclic) bond motifs is 1. The zero-order valence-corrected chi connectivity index (χ0v) is 10.3. The number of hydrogen-bond donors (Lipinski definition) is 1. The van der Waals surface area contributed by atoms with E-state index in [0.29, 0.717) is 11.7 Å². The second kappa shape index (κ2) is 4.10. The molecule has 3 rings (SSSR count). The maximum Gasteiger partial charge on any atom is 0.252 e. The van der Waals surface area contributed by atoms with Crippen LogP contribution in [0.4, 0.5) is 0 Å². The van der Waals surface area contributed by atoms with Crippen molar-refractivity contribution in [3.05, 3.63) is 22.7 Å². The van der Waals surface area contributed by atoms with E-state index in [1.54, 1.807) is 10.7 Å². The van der Waals surface area contributed by atoms with Crippen molar-refractivity contribution >= 4 is 21.7 Å². The Morgan fingerprint density at radius 1 is 1.38 bits per heavy atom. The summed E-state index contributed by atoms with van der Waals surface area (Å²) in [5.74, 6) is 2.07. The summed E-state index contributed by atoms with van der Waals surface area (Å²) >= 11 is 3.38. The first kappa shape index (κ1) is 10.2. The quantitative estimate of drug-likeness (QED) is 0.858. The van der Waals surface area contributed by atoms with Gasteiger partial charge in [-0.25, -0.2) is 9.50 Å². The number of rotatable bonds is 1. The SMILES string of the molecule is Brc1cnc2nc(C3CCNCC3)nn2c1. The summed E-state index contributed by atoms with van der Waals surface area (Å²) in [4.78, 5) is 8.69. The van der Waals surface area contributed by atoms with Crippen LogP contribution in [0.2, 0.25) is 0 Å². The number of aromatic nitrogens is 4. The van der Waals surface area contributed by atoms with Crippen molar-refractivity contribution in [1.29, 1.82) is 0 Å². The van der Waals surface area contributed by atoms with E-state index in [1.165, 1.54) is 0 Å². The molecule has 1 N–H and O–H groups in total. The van der Waals surface area contributed by atoms with E-state index in [9.17, 15) is 0 Å². The Kier molecular flexibility index (Phi) is 2.61. The van der Waals surface area contributed by atoms with Crippen LogP contribution in [0.5, 0.6) is 0 Å². The molecule has 1 aliphatic rings. The number of halogens is 1. The van der Waals surface area contributed by atoms with Gasteiger partial charge in [-0.05, 0) is 41.9 Å². The lowest BCUT2D eigenvalue weighted by Crippen LogP contribution is -2.27. The number of nitrogens with one attached hydrogen (secondary N) is 1. The molecule has 3 heterocycles. The van der Waals surface area contributed by atoms with Crippen LogP contribution in [0.15, 0.2) is 16.9 Å². The molecule has 0 unspecified atom stereocenters. The summed E-state index contributed by atoms with van der Waals surface area (Å²) in [5, 5.41) is 7.82. The zero-order chi connectivity index (χ0) is 11.0. The van der Waals surface area contributed by atoms with Crippen molar-refractivity contribution in [3.63, 3.8) is 0 Å². The van der Waals surface area contributed by atoms with Crippen LogP contribution in [-0.2, 0) is 0 Å². The first-order valence-electron chi connectivity index (χ1n) is 5.41. The summed E-state index contributed by atoms with van der Waals surface area (Å²) in [6.07, 6.45) is 5.85. The zero-order valence-electron chi connectivity index (χ0n) is 8.73. The fraction of sp³-hybridized carbons (Fsp3) is 0.500. The molecule has 6 heteroatoms. The molecule has 0 aromatic carbocycles. The van der Waals surface area contributed by atoms with Gasteiger partial charge in [0, 0.05) is 18.3 Å². The third kappa shape index (κ3) is 1.82. The molecule has 1 aliphatic heterocycles. The van der Waals surface area contributed by atoms with E-state index in [2.05, 4.69) is 36.3 Å². The summed E-state index contributed by atoms with van der Waals surface area (Å²) in [5.41, 5.74) is 0. The maximum absolute atomic E-state index is 4.48. The second-order valence-corrected chi connectivity index (χ2v) is 4.93. The van der Waals surface area contributed by atoms with Gasteiger partial charge in [-0.2, -0.15) is 4.98 Å². The van der Waals surface area contributed by atoms with Gasteiger partial charge in [-0.3, -0.25) is 0 Å². The molecule has 1 fully saturated rings. The molecule has 0 amide bonds. The number of nitrogens with zero attached hydrogens (tertiary/aromatic N) is 4. The Bertz CT molecular complexity index is 503. The van der Waals surface area contributed by atoms with Crippen LogP contribution in [0, 0.1) is 0 Å². The van der Waals surface area contributed by atoms with Crippen molar-refractivity contribution in [2.75, 3.05) is 13.1 Å². The van der Waals surface area contributed by atoms with E-state index in [1.807, 2.05) is 6.20 Å². The topological polar surface area (TPSA) is 55.1 Å². The van der Waals surface area contributed by atoms with Crippen molar-refractivity contribution in [2.45, 2.75) is 18.8 Å². The highest BCUT2D eigenvalue weighted by Gasteiger charge is 2.19. The summed E-state index contributed by atoms with van der Waals surface area (Å²) in [6, 6.07) is 0. The lowest BCUT2D eigenvalue weighted by Gasteiger charge is -2.19. The molecule has 0 bridgehead atoms. The van der Waals surface area contributed by atoms with E-state index in [4.69, 9.17) is 0 Å². The normalized spacial score (nSPS) is 18.1. The van der Waals surface area contributed by atoms with E-state index < -0.39 is 0 Å². The molecule has 16 heavy (non-hydrogen) atoms. The fourth-order valence-electron chi connectivity index (χ4n) is 2.03. The summed E-state index contributed by atoms with van der Waals surface area (Å²) in [6.45, 7) is 2.11. The molecule has 0 radical (unpaired) electrons. The minimum Gasteiger partial charge on any atom is -0.317 e. The maximum atomic E-state index is 4.48. The van der Waals surface area contributed by atoms with Crippen molar-refractivity contribution < 1.29 is 0 Å². The van der Waals surface area contributed by atoms with Gasteiger partial charge < -0.3 is 5.32 Å². The highest BCUT2D eigenvalue weighted by Crippen LogP contribution is 2.22. The van der Waals surface area contributed by atoms with Crippen LogP contribution < -0.4 is 5.32 Å². The van der Waals surface area contributed by atoms with Gasteiger partial charge in [0.15, 0.2) is 5.82 Å². The minimum absolute atomic E-state index is 0.474. The van der Waals surface area contributed by atoms with Crippen molar-refractivity contribution in [1.82, 2.24) is 24.9 Å². The Labute approximate surface area is 101 Å². The molecule has 2 aromatic rings. The molecule has 5 nitrogen and oxygen atoms in total. The van der Waals surface area contributed by atoms with Gasteiger partial charge in [0.1, 0.15) is 0 Å². The van der Waals surface area contributed by atoms with Gasteiger partial charge in [-0.1, -0.05) is 0 Å². The summed E-state index contributed by atoms with van der Waals surface area (Å²) < 4.78 is 2.66. The van der Waals surface area contributed by atoms with Gasteiger partial charge in [-0.15, -0.1) is 5.10 Å². The number of piperidine rings is 1. The van der Waals surface area contributed by atoms with E-state index in [0.717, 1.165) is 36.2 Å². The Balaban J connectivity index is 1.97. The molecule has 1 saturated heterocycles. The fourth-order valence-corrected chi connectivity index (χ4v) is 2.32. The Morgan fingerprint density at radius 3 is 3.00 bits per heavy atom. The Hall–Kier alpha value is -1.01. The van der Waals surface area contributed by atoms with Crippen LogP contribution in [0.3, 0.4) is 0 Å². The van der Waals surface area contributed by atoms with E-state index in [-0.39, 0.29) is 0 Å². The van der Waals surface area contributed by atoms with Crippen LogP contribution in [0.25, 0.3) is 5.78 Å². The monoisotopic (exact) mass is 281 g/mol. The van der Waals surface area contributed by atoms with Crippen molar-refractivity contribution in [2.24, 2.45) is 0 Å². The number of hydrogen-bond acceptors (Lipinski definition) is 4. The molecule has 2 aromatic heterocycles. The third-order valence-electron chi connectivity index (χ3n) is 2.88. The second-order valence-electron chi connectivity index (χ2n) is 4.01. The lowest BCUT2D eigenvalue weighted by atomic mass is 9.98. The molecular formula is C10H12BrN5. The average Bonchev–Trinajstić information content (AvgIpc) is 2.73. The highest BCUT2D eigenvalue weighted by molar-refractivity contribution is 9.10. The standard InChI is InChI=1S/C10H12BrN5/c11-8-5-13-10-14-9(15-16(10)6-8)7-1-3-12-4-2-7/h5-7,12H,1-4H2. The predicted molar refractivity (Wildman–Crippen MR) is 63.3 cm³/mol. The van der Waals surface area contributed by atoms with Crippen molar-refractivity contribution in [3.8, 4) is 0 Å². The van der Waals surface area contributed by atoms with Crippen LogP contribution in [0.1, 0.15) is 24.6 Å². The molecule has 0 spiro atoms.